The zero-order chi connectivity index (χ0) is 12.0. The Labute approximate surface area is 101 Å². The Kier molecular flexibility index (Phi) is 6.37. The van der Waals surface area contributed by atoms with E-state index in [9.17, 15) is 5.11 Å². The van der Waals surface area contributed by atoms with Gasteiger partial charge in [-0.25, -0.2) is 0 Å². The third kappa shape index (κ3) is 5.31. The number of rotatable bonds is 6. The van der Waals surface area contributed by atoms with Gasteiger partial charge in [0.1, 0.15) is 0 Å². The first kappa shape index (κ1) is 14.0. The van der Waals surface area contributed by atoms with E-state index in [1.165, 1.54) is 32.1 Å². The molecule has 0 radical (unpaired) electrons. The van der Waals surface area contributed by atoms with Gasteiger partial charge in [0, 0.05) is 12.6 Å². The number of hydrogen-bond donors (Lipinski definition) is 2. The molecule has 0 amide bonds. The molecule has 0 heterocycles. The Balaban J connectivity index is 2.12. The van der Waals surface area contributed by atoms with Gasteiger partial charge in [-0.1, -0.05) is 26.7 Å². The van der Waals surface area contributed by atoms with Crippen LogP contribution in [-0.2, 0) is 0 Å². The quantitative estimate of drug-likeness (QED) is 0.731. The largest absolute Gasteiger partial charge is 0.393 e. The highest BCUT2D eigenvalue weighted by atomic mass is 16.3. The molecule has 2 N–H and O–H groups in total. The Morgan fingerprint density at radius 2 is 1.81 bits per heavy atom. The predicted molar refractivity (Wildman–Crippen MR) is 69.5 cm³/mol. The molecule has 16 heavy (non-hydrogen) atoms. The summed E-state index contributed by atoms with van der Waals surface area (Å²) in [5.74, 6) is 1.29. The lowest BCUT2D eigenvalue weighted by Gasteiger charge is -2.29. The van der Waals surface area contributed by atoms with Crippen molar-refractivity contribution in [3.05, 3.63) is 0 Å². The number of nitrogens with one attached hydrogen (secondary N) is 1. The van der Waals surface area contributed by atoms with Crippen molar-refractivity contribution in [3.63, 3.8) is 0 Å². The second kappa shape index (κ2) is 7.29. The maximum Gasteiger partial charge on any atom is 0.0580 e. The van der Waals surface area contributed by atoms with Crippen molar-refractivity contribution in [2.75, 3.05) is 6.54 Å². The minimum atomic E-state index is -0.0569. The SMILES string of the molecule is CC(C)CCC(C)NCC1CCCCC1O. The maximum atomic E-state index is 9.86. The van der Waals surface area contributed by atoms with Crippen molar-refractivity contribution in [2.45, 2.75) is 71.4 Å². The monoisotopic (exact) mass is 227 g/mol. The fourth-order valence-electron chi connectivity index (χ4n) is 2.46. The van der Waals surface area contributed by atoms with Crippen LogP contribution in [-0.4, -0.2) is 23.8 Å². The molecule has 1 saturated carbocycles. The maximum absolute atomic E-state index is 9.86. The predicted octanol–water partition coefficient (Wildman–Crippen LogP) is 2.95. The zero-order valence-electron chi connectivity index (χ0n) is 11.2. The molecule has 1 fully saturated rings. The molecule has 0 aromatic carbocycles. The first-order valence-electron chi connectivity index (χ1n) is 7.01. The van der Waals surface area contributed by atoms with E-state index in [0.717, 1.165) is 18.9 Å². The van der Waals surface area contributed by atoms with Crippen molar-refractivity contribution in [3.8, 4) is 0 Å². The summed E-state index contributed by atoms with van der Waals surface area (Å²) in [5, 5.41) is 13.4. The Morgan fingerprint density at radius 1 is 1.12 bits per heavy atom. The minimum Gasteiger partial charge on any atom is -0.393 e. The number of aliphatic hydroxyl groups is 1. The van der Waals surface area contributed by atoms with Crippen LogP contribution in [0.15, 0.2) is 0 Å². The Hall–Kier alpha value is -0.0800. The molecular weight excluding hydrogens is 198 g/mol. The lowest BCUT2D eigenvalue weighted by Crippen LogP contribution is -2.37. The van der Waals surface area contributed by atoms with Gasteiger partial charge in [0.15, 0.2) is 0 Å². The summed E-state index contributed by atoms with van der Waals surface area (Å²) in [4.78, 5) is 0. The highest BCUT2D eigenvalue weighted by molar-refractivity contribution is 4.77. The molecule has 2 heteroatoms. The van der Waals surface area contributed by atoms with E-state index >= 15 is 0 Å². The summed E-state index contributed by atoms with van der Waals surface area (Å²) in [6.07, 6.45) is 7.20. The second-order valence-electron chi connectivity index (χ2n) is 5.89. The Bertz CT molecular complexity index is 182. The van der Waals surface area contributed by atoms with Crippen LogP contribution in [0.5, 0.6) is 0 Å². The summed E-state index contributed by atoms with van der Waals surface area (Å²) < 4.78 is 0. The molecule has 1 aliphatic carbocycles. The highest BCUT2D eigenvalue weighted by Crippen LogP contribution is 2.23. The normalized spacial score (nSPS) is 28.3. The van der Waals surface area contributed by atoms with E-state index in [1.807, 2.05) is 0 Å². The standard InChI is InChI=1S/C14H29NO/c1-11(2)8-9-12(3)15-10-13-6-4-5-7-14(13)16/h11-16H,4-10H2,1-3H3. The zero-order valence-corrected chi connectivity index (χ0v) is 11.2. The van der Waals surface area contributed by atoms with Gasteiger partial charge in [-0.05, 0) is 44.4 Å². The third-order valence-corrected chi connectivity index (χ3v) is 3.77. The summed E-state index contributed by atoms with van der Waals surface area (Å²) in [6.45, 7) is 7.81. The molecule has 0 saturated heterocycles. The molecule has 0 bridgehead atoms. The van der Waals surface area contributed by atoms with E-state index in [2.05, 4.69) is 26.1 Å². The molecule has 3 atom stereocenters. The first-order chi connectivity index (χ1) is 7.59. The molecule has 1 rings (SSSR count). The molecule has 3 unspecified atom stereocenters. The lowest BCUT2D eigenvalue weighted by molar-refractivity contribution is 0.0682. The van der Waals surface area contributed by atoms with Crippen LogP contribution in [0.3, 0.4) is 0 Å². The molecule has 0 aromatic heterocycles. The van der Waals surface area contributed by atoms with E-state index in [4.69, 9.17) is 0 Å². The van der Waals surface area contributed by atoms with Gasteiger partial charge in [0.05, 0.1) is 6.10 Å². The fourth-order valence-corrected chi connectivity index (χ4v) is 2.46. The van der Waals surface area contributed by atoms with Crippen molar-refractivity contribution < 1.29 is 5.11 Å². The summed E-state index contributed by atoms with van der Waals surface area (Å²) in [5.41, 5.74) is 0. The van der Waals surface area contributed by atoms with Crippen LogP contribution >= 0.6 is 0 Å². The van der Waals surface area contributed by atoms with E-state index in [-0.39, 0.29) is 6.10 Å². The van der Waals surface area contributed by atoms with Crippen molar-refractivity contribution in [1.29, 1.82) is 0 Å². The van der Waals surface area contributed by atoms with E-state index in [0.29, 0.717) is 12.0 Å². The van der Waals surface area contributed by atoms with Crippen molar-refractivity contribution in [1.82, 2.24) is 5.32 Å². The third-order valence-electron chi connectivity index (χ3n) is 3.77. The van der Waals surface area contributed by atoms with Crippen LogP contribution < -0.4 is 5.32 Å². The first-order valence-corrected chi connectivity index (χ1v) is 7.01. The molecule has 0 aromatic rings. The van der Waals surface area contributed by atoms with Crippen LogP contribution in [0.1, 0.15) is 59.3 Å². The van der Waals surface area contributed by atoms with E-state index < -0.39 is 0 Å². The molecule has 96 valence electrons. The molecule has 1 aliphatic rings. The Morgan fingerprint density at radius 3 is 2.44 bits per heavy atom. The molecule has 0 spiro atoms. The van der Waals surface area contributed by atoms with Gasteiger partial charge in [0.25, 0.3) is 0 Å². The highest BCUT2D eigenvalue weighted by Gasteiger charge is 2.22. The van der Waals surface area contributed by atoms with Gasteiger partial charge < -0.3 is 10.4 Å². The van der Waals surface area contributed by atoms with E-state index in [1.54, 1.807) is 0 Å². The second-order valence-corrected chi connectivity index (χ2v) is 5.89. The average molecular weight is 227 g/mol. The molecule has 2 nitrogen and oxygen atoms in total. The van der Waals surface area contributed by atoms with Crippen LogP contribution in [0.25, 0.3) is 0 Å². The van der Waals surface area contributed by atoms with Gasteiger partial charge in [-0.3, -0.25) is 0 Å². The molecule has 0 aliphatic heterocycles. The van der Waals surface area contributed by atoms with Gasteiger partial charge in [-0.2, -0.15) is 0 Å². The lowest BCUT2D eigenvalue weighted by atomic mass is 9.86. The van der Waals surface area contributed by atoms with Crippen LogP contribution in [0, 0.1) is 11.8 Å². The van der Waals surface area contributed by atoms with Crippen molar-refractivity contribution in [2.24, 2.45) is 11.8 Å². The van der Waals surface area contributed by atoms with Gasteiger partial charge in [-0.15, -0.1) is 0 Å². The van der Waals surface area contributed by atoms with Crippen LogP contribution in [0.2, 0.25) is 0 Å². The van der Waals surface area contributed by atoms with Gasteiger partial charge in [0.2, 0.25) is 0 Å². The summed E-state index contributed by atoms with van der Waals surface area (Å²) in [6, 6.07) is 0.594. The smallest absolute Gasteiger partial charge is 0.0580 e. The fraction of sp³-hybridized carbons (Fsp3) is 1.00. The number of hydrogen-bond acceptors (Lipinski definition) is 2. The van der Waals surface area contributed by atoms with Crippen LogP contribution in [0.4, 0.5) is 0 Å². The average Bonchev–Trinajstić information content (AvgIpc) is 2.25. The van der Waals surface area contributed by atoms with Gasteiger partial charge >= 0.3 is 0 Å². The molecular formula is C14H29NO. The topological polar surface area (TPSA) is 32.3 Å². The minimum absolute atomic E-state index is 0.0569. The summed E-state index contributed by atoms with van der Waals surface area (Å²) in [7, 11) is 0. The van der Waals surface area contributed by atoms with Crippen molar-refractivity contribution >= 4 is 0 Å². The summed E-state index contributed by atoms with van der Waals surface area (Å²) >= 11 is 0. The number of aliphatic hydroxyl groups excluding tert-OH is 1.